The first-order valence-corrected chi connectivity index (χ1v) is 12.9. The van der Waals surface area contributed by atoms with Crippen molar-refractivity contribution in [2.45, 2.75) is 117 Å². The number of hydrogen-bond acceptors (Lipinski definition) is 4. The largest absolute Gasteiger partial charge is 0.328 e. The molecule has 182 valence electrons. The van der Waals surface area contributed by atoms with Crippen LogP contribution in [0.5, 0.6) is 0 Å². The summed E-state index contributed by atoms with van der Waals surface area (Å²) in [4.78, 5) is 28.1. The zero-order chi connectivity index (χ0) is 23.9. The van der Waals surface area contributed by atoms with E-state index in [-0.39, 0.29) is 24.9 Å². The molecule has 0 aliphatic heterocycles. The average Bonchev–Trinajstić information content (AvgIpc) is 2.79. The third-order valence-corrected chi connectivity index (χ3v) is 5.86. The van der Waals surface area contributed by atoms with Crippen molar-refractivity contribution < 1.29 is 9.59 Å². The molecule has 6 nitrogen and oxygen atoms in total. The van der Waals surface area contributed by atoms with E-state index in [0.717, 1.165) is 38.5 Å². The Bertz CT molecular complexity index is 515. The highest BCUT2D eigenvalue weighted by Gasteiger charge is 2.17. The zero-order valence-electron chi connectivity index (χ0n) is 20.7. The lowest BCUT2D eigenvalue weighted by Crippen LogP contribution is -2.41. The van der Waals surface area contributed by atoms with Crippen LogP contribution in [0.2, 0.25) is 0 Å². The van der Waals surface area contributed by atoms with Crippen LogP contribution in [0.3, 0.4) is 0 Å². The second-order valence-corrected chi connectivity index (χ2v) is 8.69. The highest BCUT2D eigenvalue weighted by Crippen LogP contribution is 2.11. The molecule has 0 radical (unpaired) electrons. The first kappa shape index (κ1) is 29.9. The summed E-state index contributed by atoms with van der Waals surface area (Å²) in [5.74, 6) is -0.0620. The SMILES string of the molecule is CCCCCCCCCC(=O)N(CC#N)CCN(CC#N)C(=O)CCCCCCCCC. The van der Waals surface area contributed by atoms with Gasteiger partial charge in [0.05, 0.1) is 12.1 Å². The van der Waals surface area contributed by atoms with Crippen molar-refractivity contribution in [3.63, 3.8) is 0 Å². The Morgan fingerprint density at radius 2 is 0.875 bits per heavy atom. The van der Waals surface area contributed by atoms with Crippen molar-refractivity contribution in [1.29, 1.82) is 10.5 Å². The van der Waals surface area contributed by atoms with Crippen LogP contribution in [0.25, 0.3) is 0 Å². The van der Waals surface area contributed by atoms with Crippen molar-refractivity contribution in [1.82, 2.24) is 9.80 Å². The lowest BCUT2D eigenvalue weighted by Gasteiger charge is -2.25. The van der Waals surface area contributed by atoms with Crippen LogP contribution < -0.4 is 0 Å². The van der Waals surface area contributed by atoms with Gasteiger partial charge in [-0.25, -0.2) is 0 Å². The van der Waals surface area contributed by atoms with Gasteiger partial charge in [-0.1, -0.05) is 90.9 Å². The molecule has 0 unspecified atom stereocenters. The second-order valence-electron chi connectivity index (χ2n) is 8.69. The van der Waals surface area contributed by atoms with Gasteiger partial charge in [-0.05, 0) is 12.8 Å². The maximum absolute atomic E-state index is 12.5. The first-order chi connectivity index (χ1) is 15.6. The second kappa shape index (κ2) is 22.1. The summed E-state index contributed by atoms with van der Waals surface area (Å²) in [5.41, 5.74) is 0. The molecule has 0 rings (SSSR count). The minimum absolute atomic E-state index is 0.0294. The van der Waals surface area contributed by atoms with Crippen LogP contribution in [0.15, 0.2) is 0 Å². The number of amides is 2. The van der Waals surface area contributed by atoms with Gasteiger partial charge >= 0.3 is 0 Å². The zero-order valence-corrected chi connectivity index (χ0v) is 20.7. The highest BCUT2D eigenvalue weighted by atomic mass is 16.2. The molecular weight excluding hydrogens is 400 g/mol. The smallest absolute Gasteiger partial charge is 0.223 e. The third kappa shape index (κ3) is 16.6. The molecule has 0 saturated carbocycles. The molecular formula is C26H46N4O2. The van der Waals surface area contributed by atoms with Crippen molar-refractivity contribution in [3.8, 4) is 12.1 Å². The van der Waals surface area contributed by atoms with Crippen LogP contribution in [0.4, 0.5) is 0 Å². The lowest BCUT2D eigenvalue weighted by molar-refractivity contribution is -0.134. The number of unbranched alkanes of at least 4 members (excludes halogenated alkanes) is 12. The van der Waals surface area contributed by atoms with Gasteiger partial charge in [-0.3, -0.25) is 9.59 Å². The number of rotatable bonds is 21. The molecule has 0 aromatic rings. The number of carbonyl (C=O) groups is 2. The monoisotopic (exact) mass is 446 g/mol. The normalized spacial score (nSPS) is 10.4. The molecule has 0 aliphatic carbocycles. The molecule has 0 saturated heterocycles. The van der Waals surface area contributed by atoms with E-state index in [0.29, 0.717) is 25.9 Å². The summed E-state index contributed by atoms with van der Waals surface area (Å²) in [5, 5.41) is 18.2. The van der Waals surface area contributed by atoms with Gasteiger partial charge in [0.2, 0.25) is 11.8 Å². The average molecular weight is 447 g/mol. The molecule has 0 spiro atoms. The molecule has 2 amide bonds. The maximum atomic E-state index is 12.5. The third-order valence-electron chi connectivity index (χ3n) is 5.86. The summed E-state index contributed by atoms with van der Waals surface area (Å²) in [6.45, 7) is 5.08. The topological polar surface area (TPSA) is 88.2 Å². The predicted molar refractivity (Wildman–Crippen MR) is 130 cm³/mol. The van der Waals surface area contributed by atoms with Crippen LogP contribution in [-0.4, -0.2) is 47.8 Å². The first-order valence-electron chi connectivity index (χ1n) is 12.9. The molecule has 32 heavy (non-hydrogen) atoms. The molecule has 0 atom stereocenters. The Hall–Kier alpha value is -2.08. The van der Waals surface area contributed by atoms with Crippen LogP contribution >= 0.6 is 0 Å². The van der Waals surface area contributed by atoms with Gasteiger partial charge < -0.3 is 9.80 Å². The number of carbonyl (C=O) groups excluding carboxylic acids is 2. The van der Waals surface area contributed by atoms with E-state index >= 15 is 0 Å². The summed E-state index contributed by atoms with van der Waals surface area (Å²) in [6, 6.07) is 4.12. The molecule has 0 N–H and O–H groups in total. The standard InChI is InChI=1S/C26H46N4O2/c1-3-5-7-9-11-13-15-17-25(31)29(21-19-27)23-24-30(22-20-28)26(32)18-16-14-12-10-8-6-4-2/h3-18,21-24H2,1-2H3. The Morgan fingerprint density at radius 1 is 0.562 bits per heavy atom. The van der Waals surface area contributed by atoms with Crippen LogP contribution in [-0.2, 0) is 9.59 Å². The molecule has 0 aliphatic rings. The Morgan fingerprint density at radius 3 is 1.19 bits per heavy atom. The van der Waals surface area contributed by atoms with E-state index < -0.39 is 0 Å². The fourth-order valence-corrected chi connectivity index (χ4v) is 3.78. The Kier molecular flexibility index (Phi) is 20.7. The van der Waals surface area contributed by atoms with Gasteiger partial charge in [0, 0.05) is 25.9 Å². The molecule has 0 aromatic carbocycles. The van der Waals surface area contributed by atoms with E-state index in [2.05, 4.69) is 26.0 Å². The van der Waals surface area contributed by atoms with E-state index in [1.165, 1.54) is 61.2 Å². The molecule has 0 aromatic heterocycles. The maximum Gasteiger partial charge on any atom is 0.223 e. The number of hydrogen-bond donors (Lipinski definition) is 0. The summed E-state index contributed by atoms with van der Waals surface area (Å²) < 4.78 is 0. The van der Waals surface area contributed by atoms with Crippen molar-refractivity contribution in [3.05, 3.63) is 0 Å². The number of nitriles is 2. The van der Waals surface area contributed by atoms with Crippen LogP contribution in [0, 0.1) is 22.7 Å². The highest BCUT2D eigenvalue weighted by molar-refractivity contribution is 5.77. The van der Waals surface area contributed by atoms with Crippen molar-refractivity contribution >= 4 is 11.8 Å². The molecule has 6 heteroatoms. The fraction of sp³-hybridized carbons (Fsp3) is 0.846. The minimum Gasteiger partial charge on any atom is -0.328 e. The Labute approximate surface area is 196 Å². The quantitative estimate of drug-likeness (QED) is 0.160. The van der Waals surface area contributed by atoms with E-state index in [1.54, 1.807) is 0 Å². The van der Waals surface area contributed by atoms with Gasteiger partial charge in [0.25, 0.3) is 0 Å². The van der Waals surface area contributed by atoms with Crippen molar-refractivity contribution in [2.24, 2.45) is 0 Å². The van der Waals surface area contributed by atoms with Gasteiger partial charge in [0.15, 0.2) is 0 Å². The van der Waals surface area contributed by atoms with Gasteiger partial charge in [0.1, 0.15) is 13.1 Å². The van der Waals surface area contributed by atoms with Crippen LogP contribution in [0.1, 0.15) is 117 Å². The van der Waals surface area contributed by atoms with E-state index in [4.69, 9.17) is 10.5 Å². The molecule has 0 heterocycles. The lowest BCUT2D eigenvalue weighted by atomic mass is 10.1. The van der Waals surface area contributed by atoms with Gasteiger partial charge in [-0.15, -0.1) is 0 Å². The van der Waals surface area contributed by atoms with Crippen molar-refractivity contribution in [2.75, 3.05) is 26.2 Å². The molecule has 0 bridgehead atoms. The summed E-state index contributed by atoms with van der Waals surface area (Å²) in [7, 11) is 0. The summed E-state index contributed by atoms with van der Waals surface area (Å²) >= 11 is 0. The van der Waals surface area contributed by atoms with Gasteiger partial charge in [-0.2, -0.15) is 10.5 Å². The van der Waals surface area contributed by atoms with E-state index in [1.807, 2.05) is 0 Å². The van der Waals surface area contributed by atoms with E-state index in [9.17, 15) is 9.59 Å². The minimum atomic E-state index is -0.0310. The predicted octanol–water partition coefficient (Wildman–Crippen LogP) is 5.97. The summed E-state index contributed by atoms with van der Waals surface area (Å²) in [6.07, 6.45) is 16.9. The Balaban J connectivity index is 4.31. The fourth-order valence-electron chi connectivity index (χ4n) is 3.78. The molecule has 0 fully saturated rings. The number of nitrogens with zero attached hydrogens (tertiary/aromatic N) is 4.